The maximum atomic E-state index is 14.4. The van der Waals surface area contributed by atoms with Gasteiger partial charge in [0.05, 0.1) is 17.5 Å². The van der Waals surface area contributed by atoms with E-state index in [4.69, 9.17) is 4.74 Å². The molecule has 38 heavy (non-hydrogen) atoms. The van der Waals surface area contributed by atoms with Crippen molar-refractivity contribution in [3.05, 3.63) is 83.7 Å². The number of hydrogen-bond donors (Lipinski definition) is 3. The number of hydrogen-bond acceptors (Lipinski definition) is 7. The molecule has 3 aliphatic rings. The highest BCUT2D eigenvalue weighted by Crippen LogP contribution is 2.54. The summed E-state index contributed by atoms with van der Waals surface area (Å²) in [4.78, 5) is 53.7. The number of carbonyl (C=O) groups excluding carboxylic acids is 4. The van der Waals surface area contributed by atoms with Gasteiger partial charge in [-0.05, 0) is 66.6 Å². The highest BCUT2D eigenvalue weighted by atomic mass is 19.1. The molecule has 0 radical (unpaired) electrons. The Morgan fingerprint density at radius 1 is 1.03 bits per heavy atom. The number of phenolic OH excluding ortho intramolecular Hbond substituents is 1. The van der Waals surface area contributed by atoms with Gasteiger partial charge in [-0.3, -0.25) is 24.5 Å². The van der Waals surface area contributed by atoms with Gasteiger partial charge in [0.1, 0.15) is 22.9 Å². The van der Waals surface area contributed by atoms with Gasteiger partial charge >= 0.3 is 5.97 Å². The van der Waals surface area contributed by atoms with Gasteiger partial charge in [0.2, 0.25) is 17.7 Å². The summed E-state index contributed by atoms with van der Waals surface area (Å²) in [6.45, 7) is 1.26. The van der Waals surface area contributed by atoms with E-state index >= 15 is 0 Å². The van der Waals surface area contributed by atoms with E-state index in [9.17, 15) is 28.7 Å². The molecule has 3 amide bonds. The lowest BCUT2D eigenvalue weighted by atomic mass is 9.76. The summed E-state index contributed by atoms with van der Waals surface area (Å²) in [5.74, 6) is -4.43. The smallest absolute Gasteiger partial charge is 0.308 e. The molecule has 0 saturated carbocycles. The zero-order chi connectivity index (χ0) is 26.8. The molecule has 0 bridgehead atoms. The number of anilines is 2. The number of benzene rings is 3. The number of amides is 3. The van der Waals surface area contributed by atoms with Crippen molar-refractivity contribution in [2.75, 3.05) is 10.2 Å². The molecule has 2 saturated heterocycles. The Balaban J connectivity index is 1.45. The fraction of sp³-hybridized carbons (Fsp3) is 0.214. The summed E-state index contributed by atoms with van der Waals surface area (Å²) < 4.78 is 19.5. The average Bonchev–Trinajstić information content (AvgIpc) is 3.45. The third kappa shape index (κ3) is 3.48. The van der Waals surface area contributed by atoms with Crippen LogP contribution in [0.1, 0.15) is 18.1 Å². The number of aromatic hydroxyl groups is 1. The zero-order valence-electron chi connectivity index (χ0n) is 20.1. The molecule has 0 aliphatic carbocycles. The van der Waals surface area contributed by atoms with Gasteiger partial charge in [-0.2, -0.15) is 0 Å². The SMILES string of the molecule is CC(=O)Oc1ccc(N2C(=O)[C@H]3[C@@H](Cc4ccc(O)cc4)N[C@@]4(C(=O)Nc5ccc(F)cc54)[C@H]3C2=O)cc1. The quantitative estimate of drug-likeness (QED) is 0.277. The molecule has 10 heteroatoms. The molecule has 3 aliphatic heterocycles. The molecule has 9 nitrogen and oxygen atoms in total. The van der Waals surface area contributed by atoms with E-state index in [1.807, 2.05) is 0 Å². The summed E-state index contributed by atoms with van der Waals surface area (Å²) in [5, 5.41) is 15.7. The molecule has 1 spiro atoms. The number of halogens is 1. The van der Waals surface area contributed by atoms with Gasteiger partial charge < -0.3 is 15.2 Å². The van der Waals surface area contributed by atoms with Crippen LogP contribution in [0.3, 0.4) is 0 Å². The van der Waals surface area contributed by atoms with Crippen molar-refractivity contribution in [2.45, 2.75) is 24.9 Å². The zero-order valence-corrected chi connectivity index (χ0v) is 20.1. The Morgan fingerprint density at radius 2 is 1.74 bits per heavy atom. The lowest BCUT2D eigenvalue weighted by molar-refractivity contribution is -0.132. The van der Waals surface area contributed by atoms with E-state index in [1.165, 1.54) is 61.5 Å². The molecule has 3 heterocycles. The first kappa shape index (κ1) is 23.8. The van der Waals surface area contributed by atoms with E-state index < -0.39 is 52.9 Å². The van der Waals surface area contributed by atoms with Crippen LogP contribution in [-0.2, 0) is 31.1 Å². The molecule has 0 unspecified atom stereocenters. The predicted octanol–water partition coefficient (Wildman–Crippen LogP) is 2.62. The minimum atomic E-state index is -1.65. The maximum Gasteiger partial charge on any atom is 0.308 e. The van der Waals surface area contributed by atoms with Crippen molar-refractivity contribution in [1.29, 1.82) is 0 Å². The fourth-order valence-electron chi connectivity index (χ4n) is 5.92. The van der Waals surface area contributed by atoms with Crippen LogP contribution in [0.2, 0.25) is 0 Å². The Hall–Kier alpha value is -4.57. The summed E-state index contributed by atoms with van der Waals surface area (Å²) in [7, 11) is 0. The van der Waals surface area contributed by atoms with Crippen molar-refractivity contribution in [3.8, 4) is 11.5 Å². The summed E-state index contributed by atoms with van der Waals surface area (Å²) in [6.07, 6.45) is 0.277. The molecule has 0 aromatic heterocycles. The van der Waals surface area contributed by atoms with Crippen LogP contribution in [0.5, 0.6) is 11.5 Å². The molecular formula is C28H22FN3O6. The van der Waals surface area contributed by atoms with Gasteiger partial charge in [-0.25, -0.2) is 9.29 Å². The summed E-state index contributed by atoms with van der Waals surface area (Å²) in [5.41, 5.74) is 0.0412. The molecule has 4 atom stereocenters. The fourth-order valence-corrected chi connectivity index (χ4v) is 5.92. The number of nitrogens with zero attached hydrogens (tertiary/aromatic N) is 1. The topological polar surface area (TPSA) is 125 Å². The number of nitrogens with one attached hydrogen (secondary N) is 2. The maximum absolute atomic E-state index is 14.4. The number of esters is 1. The molecular weight excluding hydrogens is 493 g/mol. The number of fused-ring (bicyclic) bond motifs is 4. The van der Waals surface area contributed by atoms with Crippen LogP contribution in [0.4, 0.5) is 15.8 Å². The molecule has 6 rings (SSSR count). The van der Waals surface area contributed by atoms with Crippen molar-refractivity contribution in [3.63, 3.8) is 0 Å². The van der Waals surface area contributed by atoms with Gasteiger partial charge in [0.15, 0.2) is 0 Å². The Bertz CT molecular complexity index is 1510. The second-order valence-corrected chi connectivity index (χ2v) is 9.68. The monoisotopic (exact) mass is 515 g/mol. The molecule has 2 fully saturated rings. The van der Waals surface area contributed by atoms with Crippen LogP contribution < -0.4 is 20.3 Å². The van der Waals surface area contributed by atoms with Gasteiger partial charge in [0.25, 0.3) is 0 Å². The van der Waals surface area contributed by atoms with Crippen molar-refractivity contribution >= 4 is 35.1 Å². The Morgan fingerprint density at radius 3 is 2.42 bits per heavy atom. The lowest BCUT2D eigenvalue weighted by Crippen LogP contribution is -2.53. The Labute approximate surface area is 216 Å². The van der Waals surface area contributed by atoms with Crippen molar-refractivity contribution < 1.29 is 33.4 Å². The van der Waals surface area contributed by atoms with Crippen LogP contribution in [0, 0.1) is 17.7 Å². The lowest BCUT2D eigenvalue weighted by Gasteiger charge is -2.29. The van der Waals surface area contributed by atoms with E-state index in [-0.39, 0.29) is 29.2 Å². The normalized spacial score (nSPS) is 25.5. The minimum Gasteiger partial charge on any atom is -0.508 e. The second kappa shape index (κ2) is 8.49. The molecule has 3 N–H and O–H groups in total. The second-order valence-electron chi connectivity index (χ2n) is 9.68. The number of carbonyl (C=O) groups is 4. The van der Waals surface area contributed by atoms with E-state index in [1.54, 1.807) is 12.1 Å². The van der Waals surface area contributed by atoms with Gasteiger partial charge in [-0.1, -0.05) is 12.1 Å². The number of ether oxygens (including phenoxy) is 1. The van der Waals surface area contributed by atoms with Crippen molar-refractivity contribution in [1.82, 2.24) is 5.32 Å². The highest BCUT2D eigenvalue weighted by molar-refractivity contribution is 6.25. The van der Waals surface area contributed by atoms with Crippen LogP contribution >= 0.6 is 0 Å². The first-order chi connectivity index (χ1) is 18.2. The number of rotatable bonds is 4. The highest BCUT2D eigenvalue weighted by Gasteiger charge is 2.70. The first-order valence-corrected chi connectivity index (χ1v) is 12.0. The van der Waals surface area contributed by atoms with Gasteiger partial charge in [0, 0.05) is 24.2 Å². The van der Waals surface area contributed by atoms with E-state index in [0.717, 1.165) is 10.5 Å². The van der Waals surface area contributed by atoms with E-state index in [0.29, 0.717) is 5.69 Å². The minimum absolute atomic E-state index is 0.0811. The largest absolute Gasteiger partial charge is 0.508 e. The summed E-state index contributed by atoms with van der Waals surface area (Å²) >= 11 is 0. The third-order valence-corrected chi connectivity index (χ3v) is 7.43. The van der Waals surface area contributed by atoms with Crippen LogP contribution in [0.15, 0.2) is 66.7 Å². The molecule has 3 aromatic rings. The average molecular weight is 515 g/mol. The summed E-state index contributed by atoms with van der Waals surface area (Å²) in [6, 6.07) is 15.6. The molecule has 192 valence electrons. The first-order valence-electron chi connectivity index (χ1n) is 12.0. The predicted molar refractivity (Wildman–Crippen MR) is 133 cm³/mol. The van der Waals surface area contributed by atoms with Crippen LogP contribution in [0.25, 0.3) is 0 Å². The van der Waals surface area contributed by atoms with Gasteiger partial charge in [-0.15, -0.1) is 0 Å². The third-order valence-electron chi connectivity index (χ3n) is 7.43. The van der Waals surface area contributed by atoms with E-state index in [2.05, 4.69) is 10.6 Å². The molecule has 3 aromatic carbocycles. The number of phenols is 1. The van der Waals surface area contributed by atoms with Crippen LogP contribution in [-0.4, -0.2) is 34.8 Å². The number of imide groups is 1. The van der Waals surface area contributed by atoms with Crippen molar-refractivity contribution in [2.24, 2.45) is 11.8 Å². The standard InChI is InChI=1S/C28H22FN3O6/c1-14(33)38-19-9-5-17(6-10-19)32-25(35)23-22(12-15-2-7-18(34)8-3-15)31-28(24(23)26(32)36)20-13-16(29)4-11-21(20)30-27(28)37/h2-11,13,22-24,31,34H,12H2,1H3,(H,30,37)/t22-,23+,24-,28-/m1/s1. The Kier molecular flexibility index (Phi) is 5.32.